The number of carbonyl (C=O) groups excluding carboxylic acids is 1. The zero-order chi connectivity index (χ0) is 10.8. The van der Waals surface area contributed by atoms with Gasteiger partial charge in [-0.25, -0.2) is 0 Å². The Morgan fingerprint density at radius 3 is 3.00 bits per heavy atom. The third-order valence-corrected chi connectivity index (χ3v) is 2.21. The Labute approximate surface area is 88.0 Å². The van der Waals surface area contributed by atoms with Gasteiger partial charge in [-0.3, -0.25) is 9.79 Å². The van der Waals surface area contributed by atoms with Crippen molar-refractivity contribution in [1.82, 2.24) is 0 Å². The summed E-state index contributed by atoms with van der Waals surface area (Å²) in [4.78, 5) is 15.7. The van der Waals surface area contributed by atoms with E-state index in [0.717, 1.165) is 22.8 Å². The highest BCUT2D eigenvalue weighted by Gasteiger charge is 2.13. The summed E-state index contributed by atoms with van der Waals surface area (Å²) in [5.74, 6) is 0.710. The van der Waals surface area contributed by atoms with Crippen LogP contribution in [0.4, 0.5) is 11.4 Å². The number of carbonyl (C=O) groups is 1. The van der Waals surface area contributed by atoms with E-state index in [9.17, 15) is 4.79 Å². The number of methoxy groups -OCH3 is 1. The van der Waals surface area contributed by atoms with Gasteiger partial charge in [0.05, 0.1) is 24.9 Å². The molecular weight excluding hydrogens is 192 g/mol. The molecule has 1 aliphatic rings. The molecule has 0 saturated carbocycles. The van der Waals surface area contributed by atoms with Crippen LogP contribution in [0, 0.1) is 0 Å². The van der Waals surface area contributed by atoms with Gasteiger partial charge in [0.15, 0.2) is 0 Å². The molecule has 78 valence electrons. The highest BCUT2D eigenvalue weighted by Crippen LogP contribution is 2.31. The molecule has 0 bridgehead atoms. The number of nitrogens with zero attached hydrogens (tertiary/aromatic N) is 1. The van der Waals surface area contributed by atoms with Gasteiger partial charge < -0.3 is 10.1 Å². The van der Waals surface area contributed by atoms with Crippen LogP contribution in [0.1, 0.15) is 13.3 Å². The largest absolute Gasteiger partial charge is 0.497 e. The van der Waals surface area contributed by atoms with E-state index in [1.165, 1.54) is 0 Å². The fourth-order valence-electron chi connectivity index (χ4n) is 1.51. The second-order valence-electron chi connectivity index (χ2n) is 3.46. The summed E-state index contributed by atoms with van der Waals surface area (Å²) in [6.07, 6.45) is 0.344. The number of rotatable bonds is 1. The van der Waals surface area contributed by atoms with Crippen LogP contribution in [0.3, 0.4) is 0 Å². The molecule has 2 rings (SSSR count). The molecule has 1 amide bonds. The number of benzene rings is 1. The highest BCUT2D eigenvalue weighted by atomic mass is 16.5. The number of hydrogen-bond acceptors (Lipinski definition) is 3. The summed E-state index contributed by atoms with van der Waals surface area (Å²) in [5, 5.41) is 2.80. The van der Waals surface area contributed by atoms with Gasteiger partial charge in [-0.1, -0.05) is 0 Å². The summed E-state index contributed by atoms with van der Waals surface area (Å²) in [6, 6.07) is 5.41. The first-order valence-corrected chi connectivity index (χ1v) is 4.71. The van der Waals surface area contributed by atoms with Crippen LogP contribution < -0.4 is 10.1 Å². The van der Waals surface area contributed by atoms with Crippen molar-refractivity contribution in [3.63, 3.8) is 0 Å². The van der Waals surface area contributed by atoms with Crippen LogP contribution in [-0.2, 0) is 4.79 Å². The van der Waals surface area contributed by atoms with Gasteiger partial charge in [0.1, 0.15) is 5.75 Å². The zero-order valence-corrected chi connectivity index (χ0v) is 8.70. The predicted molar refractivity (Wildman–Crippen MR) is 59.0 cm³/mol. The lowest BCUT2D eigenvalue weighted by Crippen LogP contribution is -2.12. The van der Waals surface area contributed by atoms with E-state index in [0.29, 0.717) is 6.42 Å². The highest BCUT2D eigenvalue weighted by molar-refractivity contribution is 6.09. The monoisotopic (exact) mass is 204 g/mol. The molecule has 0 aliphatic carbocycles. The molecule has 1 heterocycles. The topological polar surface area (TPSA) is 50.7 Å². The SMILES string of the molecule is COc1ccc2c(c1)N=C(C)CC(=O)N2. The fraction of sp³-hybridized carbons (Fsp3) is 0.273. The molecule has 1 aromatic carbocycles. The standard InChI is InChI=1S/C11H12N2O2/c1-7-5-11(14)13-9-4-3-8(15-2)6-10(9)12-7/h3-4,6H,5H2,1-2H3,(H,13,14). The molecule has 0 atom stereocenters. The molecule has 0 fully saturated rings. The van der Waals surface area contributed by atoms with Crippen LogP contribution in [0.5, 0.6) is 5.75 Å². The Balaban J connectivity index is 2.49. The molecule has 0 aromatic heterocycles. The Morgan fingerprint density at radius 2 is 2.27 bits per heavy atom. The van der Waals surface area contributed by atoms with Crippen LogP contribution in [-0.4, -0.2) is 18.7 Å². The predicted octanol–water partition coefficient (Wildman–Crippen LogP) is 2.13. The van der Waals surface area contributed by atoms with E-state index in [1.807, 2.05) is 13.0 Å². The normalized spacial score (nSPS) is 14.8. The van der Waals surface area contributed by atoms with E-state index < -0.39 is 0 Å². The van der Waals surface area contributed by atoms with Gasteiger partial charge in [-0.05, 0) is 19.1 Å². The molecule has 4 nitrogen and oxygen atoms in total. The number of amides is 1. The van der Waals surface area contributed by atoms with Crippen LogP contribution in [0.15, 0.2) is 23.2 Å². The van der Waals surface area contributed by atoms with Gasteiger partial charge in [0.25, 0.3) is 0 Å². The third kappa shape index (κ3) is 1.98. The molecule has 0 unspecified atom stereocenters. The Bertz CT molecular complexity index is 438. The van der Waals surface area contributed by atoms with Crippen molar-refractivity contribution in [1.29, 1.82) is 0 Å². The van der Waals surface area contributed by atoms with Crippen LogP contribution in [0.25, 0.3) is 0 Å². The number of fused-ring (bicyclic) bond motifs is 1. The summed E-state index contributed by atoms with van der Waals surface area (Å²) in [5.41, 5.74) is 2.29. The van der Waals surface area contributed by atoms with Crippen molar-refractivity contribution in [2.45, 2.75) is 13.3 Å². The minimum atomic E-state index is -0.0276. The average molecular weight is 204 g/mol. The number of nitrogens with one attached hydrogen (secondary N) is 1. The van der Waals surface area contributed by atoms with Crippen molar-refractivity contribution in [3.8, 4) is 5.75 Å². The maximum Gasteiger partial charge on any atom is 0.230 e. The fourth-order valence-corrected chi connectivity index (χ4v) is 1.51. The molecule has 1 aliphatic heterocycles. The number of aliphatic imine (C=N–C) groups is 1. The molecule has 1 N–H and O–H groups in total. The zero-order valence-electron chi connectivity index (χ0n) is 8.70. The molecule has 1 aromatic rings. The summed E-state index contributed by atoms with van der Waals surface area (Å²) < 4.78 is 5.10. The van der Waals surface area contributed by atoms with Crippen molar-refractivity contribution in [2.75, 3.05) is 12.4 Å². The maximum absolute atomic E-state index is 11.4. The van der Waals surface area contributed by atoms with Gasteiger partial charge in [0.2, 0.25) is 5.91 Å². The van der Waals surface area contributed by atoms with Gasteiger partial charge in [-0.2, -0.15) is 0 Å². The summed E-state index contributed by atoms with van der Waals surface area (Å²) >= 11 is 0. The van der Waals surface area contributed by atoms with Gasteiger partial charge in [0, 0.05) is 11.8 Å². The summed E-state index contributed by atoms with van der Waals surface area (Å²) in [7, 11) is 1.60. The smallest absolute Gasteiger partial charge is 0.230 e. The minimum Gasteiger partial charge on any atom is -0.497 e. The average Bonchev–Trinajstić information content (AvgIpc) is 2.33. The number of anilines is 1. The first kappa shape index (κ1) is 9.71. The van der Waals surface area contributed by atoms with Crippen molar-refractivity contribution >= 4 is 23.0 Å². The molecular formula is C11H12N2O2. The quantitative estimate of drug-likeness (QED) is 0.761. The van der Waals surface area contributed by atoms with Crippen molar-refractivity contribution < 1.29 is 9.53 Å². The molecule has 0 radical (unpaired) electrons. The first-order chi connectivity index (χ1) is 7.19. The Morgan fingerprint density at radius 1 is 1.47 bits per heavy atom. The molecule has 15 heavy (non-hydrogen) atoms. The van der Waals surface area contributed by atoms with E-state index >= 15 is 0 Å². The van der Waals surface area contributed by atoms with Crippen molar-refractivity contribution in [3.05, 3.63) is 18.2 Å². The Hall–Kier alpha value is -1.84. The van der Waals surface area contributed by atoms with E-state index in [2.05, 4.69) is 10.3 Å². The lowest BCUT2D eigenvalue weighted by atomic mass is 10.2. The minimum absolute atomic E-state index is 0.0276. The third-order valence-electron chi connectivity index (χ3n) is 2.21. The van der Waals surface area contributed by atoms with Crippen LogP contribution >= 0.6 is 0 Å². The second-order valence-corrected chi connectivity index (χ2v) is 3.46. The van der Waals surface area contributed by atoms with E-state index in [-0.39, 0.29) is 5.91 Å². The van der Waals surface area contributed by atoms with Crippen molar-refractivity contribution in [2.24, 2.45) is 4.99 Å². The van der Waals surface area contributed by atoms with E-state index in [1.54, 1.807) is 19.2 Å². The lowest BCUT2D eigenvalue weighted by Gasteiger charge is -2.06. The first-order valence-electron chi connectivity index (χ1n) is 4.71. The summed E-state index contributed by atoms with van der Waals surface area (Å²) in [6.45, 7) is 1.84. The molecule has 0 saturated heterocycles. The van der Waals surface area contributed by atoms with Crippen LogP contribution in [0.2, 0.25) is 0 Å². The maximum atomic E-state index is 11.4. The molecule has 4 heteroatoms. The van der Waals surface area contributed by atoms with Gasteiger partial charge in [-0.15, -0.1) is 0 Å². The second kappa shape index (κ2) is 3.73. The number of hydrogen-bond donors (Lipinski definition) is 1. The molecule has 0 spiro atoms. The number of ether oxygens (including phenoxy) is 1. The Kier molecular flexibility index (Phi) is 2.41. The van der Waals surface area contributed by atoms with E-state index in [4.69, 9.17) is 4.74 Å². The van der Waals surface area contributed by atoms with Gasteiger partial charge >= 0.3 is 0 Å². The lowest BCUT2D eigenvalue weighted by molar-refractivity contribution is -0.115.